The lowest BCUT2D eigenvalue weighted by Gasteiger charge is -2.11. The molecule has 2 aliphatic heterocycles. The Bertz CT molecular complexity index is 4990. The maximum absolute atomic E-state index is 6.54. The molecule has 12 aromatic carbocycles. The number of fused-ring (bicyclic) bond motifs is 12. The highest BCUT2D eigenvalue weighted by Gasteiger charge is 2.21. The predicted octanol–water partition coefficient (Wildman–Crippen LogP) is 22.3. The highest BCUT2D eigenvalue weighted by Crippen LogP contribution is 2.41. The van der Waals surface area contributed by atoms with Gasteiger partial charge in [0, 0.05) is 44.3 Å². The van der Waals surface area contributed by atoms with Gasteiger partial charge in [0.25, 0.3) is 0 Å². The number of rotatable bonds is 16. The van der Waals surface area contributed by atoms with E-state index in [-0.39, 0.29) is 0 Å². The summed E-state index contributed by atoms with van der Waals surface area (Å²) in [6, 6.07) is 101. The van der Waals surface area contributed by atoms with Crippen molar-refractivity contribution in [3.05, 3.63) is 336 Å². The van der Waals surface area contributed by atoms with Crippen molar-refractivity contribution in [2.24, 2.45) is 0 Å². The summed E-state index contributed by atoms with van der Waals surface area (Å²) >= 11 is 0. The van der Waals surface area contributed by atoms with Crippen LogP contribution in [0.2, 0.25) is 0 Å². The third kappa shape index (κ3) is 11.4. The van der Waals surface area contributed by atoms with E-state index in [0.717, 1.165) is 135 Å². The van der Waals surface area contributed by atoms with Crippen LogP contribution in [0, 0.1) is 0 Å². The predicted molar refractivity (Wildman–Crippen MR) is 394 cm³/mol. The Kier molecular flexibility index (Phi) is 15.0. The van der Waals surface area contributed by atoms with Crippen LogP contribution in [-0.2, 0) is 26.4 Å². The van der Waals surface area contributed by atoms with Gasteiger partial charge in [0.05, 0.1) is 22.8 Å². The molecule has 8 nitrogen and oxygen atoms in total. The molecule has 0 saturated heterocycles. The van der Waals surface area contributed by atoms with Gasteiger partial charge in [-0.05, 0) is 185 Å². The van der Waals surface area contributed by atoms with Crippen LogP contribution < -0.4 is 18.9 Å². The zero-order valence-electron chi connectivity index (χ0n) is 52.4. The second kappa shape index (κ2) is 25.2. The normalized spacial score (nSPS) is 11.8. The first-order valence-corrected chi connectivity index (χ1v) is 32.5. The van der Waals surface area contributed by atoms with Crippen molar-refractivity contribution < 1.29 is 18.9 Å². The quantitative estimate of drug-likeness (QED) is 0.100. The van der Waals surface area contributed by atoms with Gasteiger partial charge in [0.15, 0.2) is 0 Å². The third-order valence-electron chi connectivity index (χ3n) is 18.4. The lowest BCUT2D eigenvalue weighted by Crippen LogP contribution is -1.96. The Morgan fingerprint density at radius 2 is 0.438 bits per heavy atom. The Labute approximate surface area is 555 Å². The first kappa shape index (κ1) is 57.4. The molecule has 0 saturated carbocycles. The summed E-state index contributed by atoms with van der Waals surface area (Å²) in [4.78, 5) is 19.2. The zero-order chi connectivity index (χ0) is 63.7. The van der Waals surface area contributed by atoms with Gasteiger partial charge in [-0.2, -0.15) is 0 Å². The van der Waals surface area contributed by atoms with Gasteiger partial charge in [-0.15, -0.1) is 0 Å². The van der Waals surface area contributed by atoms with Crippen molar-refractivity contribution in [2.45, 2.75) is 26.4 Å². The first-order chi connectivity index (χ1) is 47.5. The molecular weight excluding hydrogens is 1180 g/mol. The number of aromatic nitrogens is 4. The van der Waals surface area contributed by atoms with Crippen LogP contribution >= 0.6 is 0 Å². The van der Waals surface area contributed by atoms with Crippen molar-refractivity contribution in [2.75, 3.05) is 0 Å². The minimum atomic E-state index is 0.433. The smallest absolute Gasteiger partial charge is 0.119 e. The molecule has 458 valence electrons. The minimum Gasteiger partial charge on any atom is -0.489 e. The Morgan fingerprint density at radius 3 is 0.677 bits per heavy atom. The van der Waals surface area contributed by atoms with Gasteiger partial charge in [0.1, 0.15) is 49.4 Å². The molecule has 8 bridgehead atoms. The zero-order valence-corrected chi connectivity index (χ0v) is 52.4. The van der Waals surface area contributed by atoms with Crippen LogP contribution in [-0.4, -0.2) is 19.9 Å². The standard InChI is InChI=1S/C88H62N4O4/c1-5-25-73-57(13-1)17-9-21-65(73)53-93-69-37-29-61(30-38-69)85-77-45-47-79(89-77)86(62-31-39-70(40-32-62)94-54-66-22-10-18-58-14-2-6-26-74(58)66)81-49-51-83(91-81)88(64-35-43-72(44-36-64)96-56-68-24-12-20-60-16-4-8-28-76(60)68)84-52-50-82(92-84)87(80-48-46-78(85)90-80)63-33-41-71(42-34-63)95-55-67-23-11-19-59-15-3-7-27-75(59)67/h1-52,89,92H,53-56H2. The number of hydrogen-bond donors (Lipinski definition) is 2. The van der Waals surface area contributed by atoms with E-state index in [1.165, 1.54) is 43.1 Å². The molecular formula is C88H62N4O4. The maximum Gasteiger partial charge on any atom is 0.119 e. The van der Waals surface area contributed by atoms with E-state index < -0.39 is 0 Å². The molecule has 96 heavy (non-hydrogen) atoms. The number of hydrogen-bond acceptors (Lipinski definition) is 6. The highest BCUT2D eigenvalue weighted by atomic mass is 16.5. The van der Waals surface area contributed by atoms with Crippen molar-refractivity contribution in [1.29, 1.82) is 0 Å². The molecule has 0 unspecified atom stereocenters. The molecule has 2 N–H and O–H groups in total. The fraction of sp³-hybridized carbons (Fsp3) is 0.0455. The Balaban J connectivity index is 0.814. The van der Waals surface area contributed by atoms with Crippen molar-refractivity contribution in [3.8, 4) is 67.5 Å². The summed E-state index contributed by atoms with van der Waals surface area (Å²) in [7, 11) is 0. The van der Waals surface area contributed by atoms with Crippen LogP contribution in [0.4, 0.5) is 0 Å². The summed E-state index contributed by atoms with van der Waals surface area (Å²) < 4.78 is 26.2. The fourth-order valence-electron chi connectivity index (χ4n) is 13.6. The summed E-state index contributed by atoms with van der Waals surface area (Å²) in [5.74, 6) is 3.06. The SMILES string of the molecule is C1=Cc2nc1c(-c1ccc(OCc3cccc4ccccc34)cc1)c1ccc([nH]1)c(-c1ccc(OCc3cccc4ccccc34)cc1)c1nc(c(-c3ccc(OCc4cccc5ccccc45)cc3)c3ccc([nH]3)c2-c2ccc(OCc3cccc4ccccc34)cc2)C=C1. The number of benzene rings is 12. The van der Waals surface area contributed by atoms with Gasteiger partial charge in [-0.1, -0.05) is 218 Å². The van der Waals surface area contributed by atoms with Crippen LogP contribution in [0.3, 0.4) is 0 Å². The summed E-state index contributed by atoms with van der Waals surface area (Å²) in [5.41, 5.74) is 18.8. The second-order valence-corrected chi connectivity index (χ2v) is 24.3. The van der Waals surface area contributed by atoms with Gasteiger partial charge in [0.2, 0.25) is 0 Å². The van der Waals surface area contributed by atoms with E-state index in [0.29, 0.717) is 26.4 Å². The number of nitrogens with zero attached hydrogens (tertiary/aromatic N) is 2. The van der Waals surface area contributed by atoms with Crippen LogP contribution in [0.15, 0.2) is 291 Å². The minimum absolute atomic E-state index is 0.433. The molecule has 0 fully saturated rings. The molecule has 0 amide bonds. The average Bonchev–Trinajstić information content (AvgIpc) is 1.65. The van der Waals surface area contributed by atoms with E-state index >= 15 is 0 Å². The Hall–Kier alpha value is -12.5. The molecule has 5 heterocycles. The highest BCUT2D eigenvalue weighted by molar-refractivity contribution is 6.00. The molecule has 8 heteroatoms. The molecule has 17 rings (SSSR count). The largest absolute Gasteiger partial charge is 0.489 e. The molecule has 0 spiro atoms. The molecule has 0 aliphatic carbocycles. The monoisotopic (exact) mass is 1240 g/mol. The first-order valence-electron chi connectivity index (χ1n) is 32.5. The van der Waals surface area contributed by atoms with Crippen LogP contribution in [0.25, 0.3) is 134 Å². The summed E-state index contributed by atoms with van der Waals surface area (Å²) in [5, 5.41) is 9.47. The number of ether oxygens (including phenoxy) is 4. The van der Waals surface area contributed by atoms with Crippen molar-refractivity contribution in [1.82, 2.24) is 19.9 Å². The van der Waals surface area contributed by atoms with Gasteiger partial charge in [-0.3, -0.25) is 0 Å². The van der Waals surface area contributed by atoms with Gasteiger partial charge >= 0.3 is 0 Å². The second-order valence-electron chi connectivity index (χ2n) is 24.3. The molecule has 2 aliphatic rings. The van der Waals surface area contributed by atoms with E-state index in [9.17, 15) is 0 Å². The number of aromatic amines is 2. The van der Waals surface area contributed by atoms with E-state index in [2.05, 4.69) is 325 Å². The lowest BCUT2D eigenvalue weighted by molar-refractivity contribution is 0.307. The van der Waals surface area contributed by atoms with Crippen LogP contribution in [0.5, 0.6) is 23.0 Å². The van der Waals surface area contributed by atoms with Crippen LogP contribution in [0.1, 0.15) is 45.0 Å². The number of nitrogens with one attached hydrogen (secondary N) is 2. The van der Waals surface area contributed by atoms with Crippen molar-refractivity contribution in [3.63, 3.8) is 0 Å². The lowest BCUT2D eigenvalue weighted by atomic mass is 10.0. The van der Waals surface area contributed by atoms with Gasteiger partial charge < -0.3 is 28.9 Å². The van der Waals surface area contributed by atoms with Crippen molar-refractivity contribution >= 4 is 89.5 Å². The fourth-order valence-corrected chi connectivity index (χ4v) is 13.6. The van der Waals surface area contributed by atoms with E-state index in [1.807, 2.05) is 0 Å². The van der Waals surface area contributed by atoms with E-state index in [1.54, 1.807) is 0 Å². The summed E-state index contributed by atoms with van der Waals surface area (Å²) in [6.07, 6.45) is 8.53. The molecule has 0 radical (unpaired) electrons. The molecule has 15 aromatic rings. The summed E-state index contributed by atoms with van der Waals surface area (Å²) in [6.45, 7) is 1.73. The maximum atomic E-state index is 6.54. The van der Waals surface area contributed by atoms with E-state index in [4.69, 9.17) is 28.9 Å². The third-order valence-corrected chi connectivity index (χ3v) is 18.4. The van der Waals surface area contributed by atoms with Gasteiger partial charge in [-0.25, -0.2) is 9.97 Å². The topological polar surface area (TPSA) is 94.3 Å². The number of H-pyrrole nitrogens is 2. The average molecular weight is 1240 g/mol. The molecule has 3 aromatic heterocycles. The molecule has 0 atom stereocenters. The Morgan fingerprint density at radius 1 is 0.219 bits per heavy atom.